The lowest BCUT2D eigenvalue weighted by molar-refractivity contribution is -0.122. The van der Waals surface area contributed by atoms with Crippen LogP contribution in [0.1, 0.15) is 51.5 Å². The molecule has 0 saturated carbocycles. The molecule has 7 nitrogen and oxygen atoms in total. The Balaban J connectivity index is 1.75. The molecule has 0 radical (unpaired) electrons. The maximum atomic E-state index is 12.9. The third kappa shape index (κ3) is 6.64. The summed E-state index contributed by atoms with van der Waals surface area (Å²) in [6.07, 6.45) is 7.51. The number of nitrogens with zero attached hydrogens (tertiary/aromatic N) is 2. The first-order valence-corrected chi connectivity index (χ1v) is 14.4. The van der Waals surface area contributed by atoms with E-state index >= 15 is 0 Å². The van der Waals surface area contributed by atoms with E-state index in [1.54, 1.807) is 37.6 Å². The maximum Gasteiger partial charge on any atom is 0.294 e. The van der Waals surface area contributed by atoms with E-state index in [0.29, 0.717) is 29.6 Å². The van der Waals surface area contributed by atoms with Crippen molar-refractivity contribution in [2.45, 2.75) is 50.2 Å². The number of hydrogen-bond acceptors (Lipinski definition) is 7. The predicted molar refractivity (Wildman–Crippen MR) is 139 cm³/mol. The molecule has 0 N–H and O–H groups in total. The monoisotopic (exact) mass is 522 g/mol. The molecule has 184 valence electrons. The fraction of sp³-hybridized carbons (Fsp3) is 0.417. The average Bonchev–Trinajstić information content (AvgIpc) is 3.46. The lowest BCUT2D eigenvalue weighted by Gasteiger charge is -2.12. The summed E-state index contributed by atoms with van der Waals surface area (Å²) in [6.45, 7) is 4.91. The molecule has 34 heavy (non-hydrogen) atoms. The van der Waals surface area contributed by atoms with E-state index in [1.807, 2.05) is 12.1 Å². The van der Waals surface area contributed by atoms with Crippen molar-refractivity contribution in [1.82, 2.24) is 4.90 Å². The minimum Gasteiger partial charge on any atom is -0.493 e. The van der Waals surface area contributed by atoms with Crippen molar-refractivity contribution in [3.8, 4) is 11.5 Å². The molecule has 1 aromatic heterocycles. The first kappa shape index (κ1) is 26.3. The third-order valence-electron chi connectivity index (χ3n) is 5.14. The lowest BCUT2D eigenvalue weighted by Crippen LogP contribution is -2.29. The number of carbonyl (C=O) groups excluding carboxylic acids is 1. The van der Waals surface area contributed by atoms with E-state index in [0.717, 1.165) is 41.5 Å². The number of thioether (sulfide) groups is 1. The largest absolute Gasteiger partial charge is 0.493 e. The normalized spacial score (nSPS) is 16.6. The van der Waals surface area contributed by atoms with E-state index in [9.17, 15) is 13.2 Å². The molecule has 2 aromatic rings. The Morgan fingerprint density at radius 3 is 2.56 bits per heavy atom. The van der Waals surface area contributed by atoms with Crippen LogP contribution in [0.2, 0.25) is 0 Å². The van der Waals surface area contributed by atoms with Gasteiger partial charge in [0.25, 0.3) is 15.9 Å². The average molecular weight is 523 g/mol. The van der Waals surface area contributed by atoms with Crippen molar-refractivity contribution in [3.05, 3.63) is 46.2 Å². The molecular weight excluding hydrogens is 492 g/mol. The highest BCUT2D eigenvalue weighted by Gasteiger charge is 2.34. The van der Waals surface area contributed by atoms with Crippen molar-refractivity contribution in [2.24, 2.45) is 4.40 Å². The van der Waals surface area contributed by atoms with Gasteiger partial charge in [0.2, 0.25) is 0 Å². The third-order valence-corrected chi connectivity index (χ3v) is 8.90. The van der Waals surface area contributed by atoms with Crippen molar-refractivity contribution < 1.29 is 22.7 Å². The molecule has 0 unspecified atom stereocenters. The van der Waals surface area contributed by atoms with Crippen molar-refractivity contribution in [2.75, 3.05) is 20.3 Å². The Labute approximate surface area is 209 Å². The topological polar surface area (TPSA) is 85.3 Å². The molecule has 0 aliphatic carbocycles. The molecule has 2 heterocycles. The Morgan fingerprint density at radius 1 is 1.09 bits per heavy atom. The van der Waals surface area contributed by atoms with Crippen LogP contribution in [0.15, 0.2) is 49.2 Å². The number of ether oxygens (including phenoxy) is 2. The Morgan fingerprint density at radius 2 is 1.88 bits per heavy atom. The first-order chi connectivity index (χ1) is 16.4. The van der Waals surface area contributed by atoms with Crippen LogP contribution >= 0.6 is 23.1 Å². The van der Waals surface area contributed by atoms with Gasteiger partial charge in [0.1, 0.15) is 4.21 Å². The summed E-state index contributed by atoms with van der Waals surface area (Å²) in [7, 11) is -2.29. The number of hydrogen-bond donors (Lipinski definition) is 0. The van der Waals surface area contributed by atoms with Crippen LogP contribution in [-0.4, -0.2) is 44.7 Å². The number of methoxy groups -OCH3 is 1. The molecule has 10 heteroatoms. The van der Waals surface area contributed by atoms with Gasteiger partial charge >= 0.3 is 0 Å². The Hall–Kier alpha value is -2.30. The van der Waals surface area contributed by atoms with Gasteiger partial charge in [-0.2, -0.15) is 8.42 Å². The van der Waals surface area contributed by atoms with E-state index < -0.39 is 10.0 Å². The number of rotatable bonds is 12. The van der Waals surface area contributed by atoms with Crippen LogP contribution in [0.4, 0.5) is 0 Å². The summed E-state index contributed by atoms with van der Waals surface area (Å²) >= 11 is 2.15. The molecule has 1 aromatic carbocycles. The summed E-state index contributed by atoms with van der Waals surface area (Å²) in [4.78, 5) is 14.7. The standard InChI is InChI=1S/C24H30N2O5S3/c1-4-6-7-8-9-14-31-19-13-12-18(16-20(19)30-3)17-21-23(27)26(5-2)24(33-21)25-34(28,29)22-11-10-15-32-22/h10-13,15-17H,4-9,14H2,1-3H3. The molecule has 1 fully saturated rings. The van der Waals surface area contributed by atoms with Crippen molar-refractivity contribution >= 4 is 50.3 Å². The zero-order valence-electron chi connectivity index (χ0n) is 19.7. The summed E-state index contributed by atoms with van der Waals surface area (Å²) in [5.74, 6) is 0.962. The Kier molecular flexibility index (Phi) is 9.61. The van der Waals surface area contributed by atoms with E-state index in [1.165, 1.54) is 30.2 Å². The Bertz CT molecular complexity index is 1140. The smallest absolute Gasteiger partial charge is 0.294 e. The number of sulfonamides is 1. The zero-order chi connectivity index (χ0) is 24.6. The van der Waals surface area contributed by atoms with Crippen LogP contribution in [0.3, 0.4) is 0 Å². The summed E-state index contributed by atoms with van der Waals surface area (Å²) < 4.78 is 40.6. The number of likely N-dealkylation sites (N-methyl/N-ethyl adjacent to an activating group) is 1. The van der Waals surface area contributed by atoms with E-state index in [2.05, 4.69) is 11.3 Å². The SMILES string of the molecule is CCCCCCCOc1ccc(C=C2SC(=NS(=O)(=O)c3cccs3)N(CC)C2=O)cc1OC. The highest BCUT2D eigenvalue weighted by molar-refractivity contribution is 8.19. The van der Waals surface area contributed by atoms with E-state index in [4.69, 9.17) is 9.47 Å². The van der Waals surface area contributed by atoms with Gasteiger partial charge in [0, 0.05) is 6.54 Å². The van der Waals surface area contributed by atoms with Crippen LogP contribution in [0.5, 0.6) is 11.5 Å². The van der Waals surface area contributed by atoms with Gasteiger partial charge in [-0.15, -0.1) is 15.7 Å². The van der Waals surface area contributed by atoms with Crippen LogP contribution in [0, 0.1) is 0 Å². The van der Waals surface area contributed by atoms with Gasteiger partial charge in [-0.3, -0.25) is 9.69 Å². The van der Waals surface area contributed by atoms with Gasteiger partial charge in [0.15, 0.2) is 16.7 Å². The van der Waals surface area contributed by atoms with E-state index in [-0.39, 0.29) is 15.3 Å². The van der Waals surface area contributed by atoms with Gasteiger partial charge < -0.3 is 9.47 Å². The number of carbonyl (C=O) groups is 1. The number of amides is 1. The molecular formula is C24H30N2O5S3. The lowest BCUT2D eigenvalue weighted by atomic mass is 10.1. The fourth-order valence-corrected chi connectivity index (χ4v) is 6.56. The minimum absolute atomic E-state index is 0.146. The summed E-state index contributed by atoms with van der Waals surface area (Å²) in [6, 6.07) is 8.64. The molecule has 1 aliphatic rings. The molecule has 0 spiro atoms. The molecule has 1 aliphatic heterocycles. The number of benzene rings is 1. The van der Waals surface area contributed by atoms with Crippen LogP contribution < -0.4 is 9.47 Å². The molecule has 1 amide bonds. The van der Waals surface area contributed by atoms with Gasteiger partial charge in [-0.25, -0.2) is 0 Å². The summed E-state index contributed by atoms with van der Waals surface area (Å²) in [5, 5.41) is 1.83. The molecule has 0 bridgehead atoms. The number of thiophene rings is 1. The predicted octanol–water partition coefficient (Wildman–Crippen LogP) is 5.79. The van der Waals surface area contributed by atoms with Crippen molar-refractivity contribution in [1.29, 1.82) is 0 Å². The quantitative estimate of drug-likeness (QED) is 0.259. The van der Waals surface area contributed by atoms with Gasteiger partial charge in [0.05, 0.1) is 18.6 Å². The second-order valence-corrected chi connectivity index (χ2v) is 11.4. The number of unbranched alkanes of at least 4 members (excludes halogenated alkanes) is 4. The van der Waals surface area contributed by atoms with Gasteiger partial charge in [-0.1, -0.05) is 44.7 Å². The highest BCUT2D eigenvalue weighted by atomic mass is 32.2. The van der Waals surface area contributed by atoms with Gasteiger partial charge in [-0.05, 0) is 60.3 Å². The van der Waals surface area contributed by atoms with Crippen LogP contribution in [0.25, 0.3) is 6.08 Å². The first-order valence-electron chi connectivity index (χ1n) is 11.3. The van der Waals surface area contributed by atoms with Crippen molar-refractivity contribution in [3.63, 3.8) is 0 Å². The second-order valence-electron chi connectivity index (χ2n) is 7.61. The highest BCUT2D eigenvalue weighted by Crippen LogP contribution is 2.35. The fourth-order valence-electron chi connectivity index (χ4n) is 3.35. The van der Waals surface area contributed by atoms with Crippen LogP contribution in [-0.2, 0) is 14.8 Å². The number of amidine groups is 1. The molecule has 1 saturated heterocycles. The second kappa shape index (κ2) is 12.4. The molecule has 0 atom stereocenters. The zero-order valence-corrected chi connectivity index (χ0v) is 22.1. The minimum atomic E-state index is -3.87. The maximum absolute atomic E-state index is 12.9. The summed E-state index contributed by atoms with van der Waals surface area (Å²) in [5.41, 5.74) is 0.751. The molecule has 3 rings (SSSR count).